The Bertz CT molecular complexity index is 512. The first-order valence-electron chi connectivity index (χ1n) is 5.88. The van der Waals surface area contributed by atoms with Crippen LogP contribution in [0.2, 0.25) is 0 Å². The molecule has 1 nitrogen and oxygen atoms in total. The summed E-state index contributed by atoms with van der Waals surface area (Å²) in [5.74, 6) is 0.118. The fourth-order valence-corrected chi connectivity index (χ4v) is 2.69. The van der Waals surface area contributed by atoms with Crippen molar-refractivity contribution in [2.75, 3.05) is 0 Å². The number of hydrogen-bond acceptors (Lipinski definition) is 1. The van der Waals surface area contributed by atoms with E-state index >= 15 is 0 Å². The highest BCUT2D eigenvalue weighted by Gasteiger charge is 2.56. The van der Waals surface area contributed by atoms with Crippen LogP contribution in [0.25, 0.3) is 0 Å². The molecule has 82 valence electrons. The largest absolute Gasteiger partial charge is 0.198 e. The first-order chi connectivity index (χ1) is 8.38. The van der Waals surface area contributed by atoms with E-state index in [9.17, 15) is 5.26 Å². The van der Waals surface area contributed by atoms with Gasteiger partial charge in [0.15, 0.2) is 0 Å². The van der Waals surface area contributed by atoms with Gasteiger partial charge in [0, 0.05) is 5.41 Å². The highest BCUT2D eigenvalue weighted by Crippen LogP contribution is 2.58. The van der Waals surface area contributed by atoms with Crippen LogP contribution in [0.4, 0.5) is 0 Å². The molecule has 0 aromatic heterocycles. The average molecular weight is 219 g/mol. The van der Waals surface area contributed by atoms with E-state index in [1.165, 1.54) is 11.1 Å². The molecule has 2 aromatic carbocycles. The monoisotopic (exact) mass is 219 g/mol. The van der Waals surface area contributed by atoms with E-state index in [0.29, 0.717) is 0 Å². The molecule has 0 saturated heterocycles. The van der Waals surface area contributed by atoms with Crippen molar-refractivity contribution in [2.24, 2.45) is 5.92 Å². The zero-order valence-corrected chi connectivity index (χ0v) is 9.51. The molecule has 0 radical (unpaired) electrons. The van der Waals surface area contributed by atoms with Gasteiger partial charge in [-0.05, 0) is 17.5 Å². The molecule has 1 atom stereocenters. The number of rotatable bonds is 2. The maximum absolute atomic E-state index is 9.21. The molecule has 0 N–H and O–H groups in total. The second-order valence-electron chi connectivity index (χ2n) is 4.59. The molecule has 1 aliphatic rings. The summed E-state index contributed by atoms with van der Waals surface area (Å²) >= 11 is 0. The van der Waals surface area contributed by atoms with Crippen LogP contribution >= 0.6 is 0 Å². The lowest BCUT2D eigenvalue weighted by Crippen LogP contribution is -2.11. The van der Waals surface area contributed by atoms with Crippen molar-refractivity contribution in [3.63, 3.8) is 0 Å². The Hall–Kier alpha value is -2.07. The quantitative estimate of drug-likeness (QED) is 0.758. The van der Waals surface area contributed by atoms with Gasteiger partial charge in [-0.25, -0.2) is 0 Å². The summed E-state index contributed by atoms with van der Waals surface area (Å²) in [6.45, 7) is 0. The summed E-state index contributed by atoms with van der Waals surface area (Å²) in [6, 6.07) is 23.2. The lowest BCUT2D eigenvalue weighted by Gasteiger charge is -2.16. The zero-order chi connectivity index (χ0) is 11.7. The van der Waals surface area contributed by atoms with Crippen molar-refractivity contribution in [3.05, 3.63) is 71.8 Å². The van der Waals surface area contributed by atoms with Gasteiger partial charge >= 0.3 is 0 Å². The van der Waals surface area contributed by atoms with Gasteiger partial charge in [-0.1, -0.05) is 60.7 Å². The number of benzene rings is 2. The second-order valence-corrected chi connectivity index (χ2v) is 4.59. The lowest BCUT2D eigenvalue weighted by atomic mass is 9.86. The minimum Gasteiger partial charge on any atom is -0.198 e. The molecule has 1 saturated carbocycles. The maximum Gasteiger partial charge on any atom is 0.0669 e. The Kier molecular flexibility index (Phi) is 2.23. The summed E-state index contributed by atoms with van der Waals surface area (Å²) in [6.07, 6.45) is 0.942. The molecule has 17 heavy (non-hydrogen) atoms. The van der Waals surface area contributed by atoms with Crippen LogP contribution in [0, 0.1) is 17.2 Å². The molecule has 2 aromatic rings. The van der Waals surface area contributed by atoms with E-state index < -0.39 is 0 Å². The van der Waals surface area contributed by atoms with E-state index in [2.05, 4.69) is 30.3 Å². The standard InChI is InChI=1S/C16H13N/c17-12-15-11-16(15,13-7-3-1-4-8-13)14-9-5-2-6-10-14/h1-10,15H,11H2/t15-/m0/s1. The van der Waals surface area contributed by atoms with Gasteiger partial charge in [-0.2, -0.15) is 5.26 Å². The van der Waals surface area contributed by atoms with Crippen molar-refractivity contribution in [3.8, 4) is 6.07 Å². The Morgan fingerprint density at radius 1 is 0.882 bits per heavy atom. The Morgan fingerprint density at radius 3 is 1.71 bits per heavy atom. The minimum atomic E-state index is -0.0583. The van der Waals surface area contributed by atoms with E-state index in [-0.39, 0.29) is 11.3 Å². The molecule has 0 heterocycles. The third kappa shape index (κ3) is 1.45. The summed E-state index contributed by atoms with van der Waals surface area (Å²) in [4.78, 5) is 0. The van der Waals surface area contributed by atoms with E-state index in [0.717, 1.165) is 6.42 Å². The topological polar surface area (TPSA) is 23.8 Å². The fourth-order valence-electron chi connectivity index (χ4n) is 2.69. The van der Waals surface area contributed by atoms with Gasteiger partial charge in [-0.3, -0.25) is 0 Å². The van der Waals surface area contributed by atoms with Crippen molar-refractivity contribution >= 4 is 0 Å². The summed E-state index contributed by atoms with van der Waals surface area (Å²) in [5.41, 5.74) is 2.47. The number of hydrogen-bond donors (Lipinski definition) is 0. The van der Waals surface area contributed by atoms with Crippen LogP contribution in [0.15, 0.2) is 60.7 Å². The summed E-state index contributed by atoms with van der Waals surface area (Å²) in [5, 5.41) is 9.21. The minimum absolute atomic E-state index is 0.0583. The van der Waals surface area contributed by atoms with Crippen LogP contribution in [0.5, 0.6) is 0 Å². The molecule has 1 fully saturated rings. The molecule has 1 heteroatoms. The molecule has 3 rings (SSSR count). The maximum atomic E-state index is 9.21. The SMILES string of the molecule is N#C[C@@H]1CC1(c1ccccc1)c1ccccc1. The van der Waals surface area contributed by atoms with Gasteiger partial charge in [0.05, 0.1) is 12.0 Å². The van der Waals surface area contributed by atoms with Crippen molar-refractivity contribution in [1.82, 2.24) is 0 Å². The van der Waals surface area contributed by atoms with Crippen molar-refractivity contribution < 1.29 is 0 Å². The van der Waals surface area contributed by atoms with Crippen LogP contribution in [-0.4, -0.2) is 0 Å². The average Bonchev–Trinajstić information content (AvgIpc) is 3.17. The smallest absolute Gasteiger partial charge is 0.0669 e. The highest BCUT2D eigenvalue weighted by molar-refractivity contribution is 5.49. The third-order valence-electron chi connectivity index (χ3n) is 3.69. The molecule has 1 aliphatic carbocycles. The fraction of sp³-hybridized carbons (Fsp3) is 0.188. The van der Waals surface area contributed by atoms with Gasteiger partial charge in [0.2, 0.25) is 0 Å². The molecule has 0 unspecified atom stereocenters. The van der Waals surface area contributed by atoms with Crippen LogP contribution < -0.4 is 0 Å². The van der Waals surface area contributed by atoms with Crippen molar-refractivity contribution in [2.45, 2.75) is 11.8 Å². The first kappa shape index (κ1) is 10.1. The molecule has 0 amide bonds. The van der Waals surface area contributed by atoms with Gasteiger partial charge in [0.25, 0.3) is 0 Å². The zero-order valence-electron chi connectivity index (χ0n) is 9.51. The molecular weight excluding hydrogens is 206 g/mol. The lowest BCUT2D eigenvalue weighted by molar-refractivity contribution is 0.796. The van der Waals surface area contributed by atoms with Gasteiger partial charge in [-0.15, -0.1) is 0 Å². The van der Waals surface area contributed by atoms with Crippen LogP contribution in [-0.2, 0) is 5.41 Å². The molecular formula is C16H13N. The van der Waals surface area contributed by atoms with E-state index in [1.807, 2.05) is 36.4 Å². The molecule has 0 aliphatic heterocycles. The highest BCUT2D eigenvalue weighted by atomic mass is 14.6. The predicted octanol–water partition coefficient (Wildman–Crippen LogP) is 3.52. The van der Waals surface area contributed by atoms with Gasteiger partial charge < -0.3 is 0 Å². The first-order valence-corrected chi connectivity index (χ1v) is 5.88. The van der Waals surface area contributed by atoms with Crippen LogP contribution in [0.1, 0.15) is 17.5 Å². The third-order valence-corrected chi connectivity index (χ3v) is 3.69. The molecule has 0 spiro atoms. The predicted molar refractivity (Wildman–Crippen MR) is 67.4 cm³/mol. The summed E-state index contributed by atoms with van der Waals surface area (Å²) < 4.78 is 0. The normalized spacial score (nSPS) is 20.5. The molecule has 0 bridgehead atoms. The Labute approximate surface area is 101 Å². The van der Waals surface area contributed by atoms with Crippen LogP contribution in [0.3, 0.4) is 0 Å². The van der Waals surface area contributed by atoms with Gasteiger partial charge in [0.1, 0.15) is 0 Å². The van der Waals surface area contributed by atoms with E-state index in [4.69, 9.17) is 0 Å². The second kappa shape index (κ2) is 3.75. The van der Waals surface area contributed by atoms with Crippen molar-refractivity contribution in [1.29, 1.82) is 5.26 Å². The van der Waals surface area contributed by atoms with E-state index in [1.54, 1.807) is 0 Å². The Balaban J connectivity index is 2.12. The number of nitriles is 1. The Morgan fingerprint density at radius 2 is 1.35 bits per heavy atom. The summed E-state index contributed by atoms with van der Waals surface area (Å²) in [7, 11) is 0. The number of nitrogens with zero attached hydrogens (tertiary/aromatic N) is 1.